The van der Waals surface area contributed by atoms with Crippen LogP contribution in [0.2, 0.25) is 0 Å². The van der Waals surface area contributed by atoms with E-state index in [1.54, 1.807) is 24.7 Å². The Bertz CT molecular complexity index is 826. The molecule has 0 radical (unpaired) electrons. The highest BCUT2D eigenvalue weighted by Gasteiger charge is 2.23. The predicted octanol–water partition coefficient (Wildman–Crippen LogP) is 3.73. The molecule has 0 bridgehead atoms. The fraction of sp³-hybridized carbons (Fsp3) is 0.294. The number of halogens is 1. The van der Waals surface area contributed by atoms with Crippen molar-refractivity contribution in [2.75, 3.05) is 11.4 Å². The van der Waals surface area contributed by atoms with Crippen LogP contribution in [0.3, 0.4) is 0 Å². The molecule has 1 aliphatic rings. The first-order valence-corrected chi connectivity index (χ1v) is 7.60. The zero-order valence-electron chi connectivity index (χ0n) is 12.8. The smallest absolute Gasteiger partial charge is 0.246 e. The second-order valence-corrected chi connectivity index (χ2v) is 5.74. The molecule has 1 aromatic carbocycles. The van der Waals surface area contributed by atoms with Gasteiger partial charge in [0.05, 0.1) is 18.4 Å². The summed E-state index contributed by atoms with van der Waals surface area (Å²) in [5.74, 6) is 0.875. The van der Waals surface area contributed by atoms with E-state index in [-0.39, 0.29) is 5.82 Å². The van der Waals surface area contributed by atoms with Crippen molar-refractivity contribution >= 4 is 5.69 Å². The van der Waals surface area contributed by atoms with Gasteiger partial charge in [0.15, 0.2) is 0 Å². The normalized spacial score (nSPS) is 14.1. The lowest BCUT2D eigenvalue weighted by atomic mass is 9.97. The van der Waals surface area contributed by atoms with Crippen molar-refractivity contribution in [1.29, 1.82) is 0 Å². The molecule has 3 heterocycles. The molecule has 0 N–H and O–H groups in total. The van der Waals surface area contributed by atoms with Crippen molar-refractivity contribution in [3.8, 4) is 11.4 Å². The summed E-state index contributed by atoms with van der Waals surface area (Å²) in [5, 5.41) is 3.97. The van der Waals surface area contributed by atoms with Crippen LogP contribution in [0.25, 0.3) is 11.4 Å². The standard InChI is InChI=1S/C17H16FN3O2/c1-11-4-5-14(18)13-3-2-7-21(16(11)13)9-15-19-17(20-23-15)12-6-8-22-10-12/h4-6,8,10H,2-3,7,9H2,1H3. The molecule has 0 atom stereocenters. The maximum Gasteiger partial charge on any atom is 0.246 e. The fourth-order valence-electron chi connectivity index (χ4n) is 3.11. The number of aryl methyl sites for hydroxylation is 1. The van der Waals surface area contributed by atoms with E-state index in [1.807, 2.05) is 13.0 Å². The van der Waals surface area contributed by atoms with Crippen molar-refractivity contribution < 1.29 is 13.3 Å². The molecular formula is C17H16FN3O2. The molecule has 1 aliphatic heterocycles. The third-order valence-corrected chi connectivity index (χ3v) is 4.17. The highest BCUT2D eigenvalue weighted by Crippen LogP contribution is 2.33. The highest BCUT2D eigenvalue weighted by molar-refractivity contribution is 5.61. The van der Waals surface area contributed by atoms with Gasteiger partial charge in [-0.15, -0.1) is 0 Å². The van der Waals surface area contributed by atoms with E-state index in [0.29, 0.717) is 18.3 Å². The van der Waals surface area contributed by atoms with Gasteiger partial charge in [-0.3, -0.25) is 0 Å². The molecule has 4 rings (SSSR count). The summed E-state index contributed by atoms with van der Waals surface area (Å²) in [6, 6.07) is 5.14. The van der Waals surface area contributed by atoms with Gasteiger partial charge in [-0.05, 0) is 37.5 Å². The molecule has 0 saturated carbocycles. The summed E-state index contributed by atoms with van der Waals surface area (Å²) in [6.07, 6.45) is 4.82. The van der Waals surface area contributed by atoms with Crippen molar-refractivity contribution in [2.45, 2.75) is 26.3 Å². The fourth-order valence-corrected chi connectivity index (χ4v) is 3.11. The molecule has 23 heavy (non-hydrogen) atoms. The minimum Gasteiger partial charge on any atom is -0.472 e. The highest BCUT2D eigenvalue weighted by atomic mass is 19.1. The minimum absolute atomic E-state index is 0.139. The third kappa shape index (κ3) is 2.50. The molecule has 6 heteroatoms. The van der Waals surface area contributed by atoms with Gasteiger partial charge in [-0.25, -0.2) is 4.39 Å². The Balaban J connectivity index is 1.63. The lowest BCUT2D eigenvalue weighted by molar-refractivity contribution is 0.375. The van der Waals surface area contributed by atoms with E-state index in [0.717, 1.165) is 41.8 Å². The molecule has 0 amide bonds. The number of aromatic nitrogens is 2. The van der Waals surface area contributed by atoms with E-state index in [1.165, 1.54) is 0 Å². The topological polar surface area (TPSA) is 55.3 Å². The summed E-state index contributed by atoms with van der Waals surface area (Å²) in [4.78, 5) is 6.51. The monoisotopic (exact) mass is 313 g/mol. The van der Waals surface area contributed by atoms with Crippen LogP contribution in [0.15, 0.2) is 39.7 Å². The van der Waals surface area contributed by atoms with Crippen molar-refractivity contribution in [3.05, 3.63) is 53.6 Å². The Kier molecular flexibility index (Phi) is 3.37. The largest absolute Gasteiger partial charge is 0.472 e. The maximum atomic E-state index is 14.1. The van der Waals surface area contributed by atoms with Crippen molar-refractivity contribution in [3.63, 3.8) is 0 Å². The number of benzene rings is 1. The average molecular weight is 313 g/mol. The van der Waals surface area contributed by atoms with Crippen LogP contribution >= 0.6 is 0 Å². The van der Waals surface area contributed by atoms with E-state index in [4.69, 9.17) is 8.94 Å². The zero-order valence-corrected chi connectivity index (χ0v) is 12.8. The second kappa shape index (κ2) is 5.53. The van der Waals surface area contributed by atoms with E-state index >= 15 is 0 Å². The summed E-state index contributed by atoms with van der Waals surface area (Å²) in [5.41, 5.74) is 3.59. The van der Waals surface area contributed by atoms with Gasteiger partial charge in [-0.1, -0.05) is 11.2 Å². The lowest BCUT2D eigenvalue weighted by Gasteiger charge is -2.31. The quantitative estimate of drug-likeness (QED) is 0.737. The molecule has 0 saturated heterocycles. The van der Waals surface area contributed by atoms with Crippen LogP contribution in [0.4, 0.5) is 10.1 Å². The Labute approximate surface area is 132 Å². The van der Waals surface area contributed by atoms with Crippen LogP contribution in [-0.4, -0.2) is 16.7 Å². The summed E-state index contributed by atoms with van der Waals surface area (Å²) < 4.78 is 24.4. The van der Waals surface area contributed by atoms with Gasteiger partial charge < -0.3 is 13.8 Å². The SMILES string of the molecule is Cc1ccc(F)c2c1N(Cc1nc(-c3ccoc3)no1)CCC2. The molecular weight excluding hydrogens is 297 g/mol. The molecule has 0 aliphatic carbocycles. The first-order chi connectivity index (χ1) is 11.2. The summed E-state index contributed by atoms with van der Waals surface area (Å²) in [6.45, 7) is 3.32. The minimum atomic E-state index is -0.139. The van der Waals surface area contributed by atoms with E-state index in [9.17, 15) is 4.39 Å². The number of furan rings is 1. The number of rotatable bonds is 3. The summed E-state index contributed by atoms with van der Waals surface area (Å²) >= 11 is 0. The Morgan fingerprint density at radius 3 is 3.04 bits per heavy atom. The van der Waals surface area contributed by atoms with Gasteiger partial charge in [0.2, 0.25) is 11.7 Å². The molecule has 0 unspecified atom stereocenters. The van der Waals surface area contributed by atoms with Crippen molar-refractivity contribution in [2.24, 2.45) is 0 Å². The maximum absolute atomic E-state index is 14.1. The molecule has 118 valence electrons. The van der Waals surface area contributed by atoms with Crippen LogP contribution in [0, 0.1) is 12.7 Å². The number of nitrogens with zero attached hydrogens (tertiary/aromatic N) is 3. The number of hydrogen-bond donors (Lipinski definition) is 0. The van der Waals surface area contributed by atoms with Crippen LogP contribution in [0.5, 0.6) is 0 Å². The van der Waals surface area contributed by atoms with Gasteiger partial charge in [0.25, 0.3) is 0 Å². The van der Waals surface area contributed by atoms with Gasteiger partial charge in [0.1, 0.15) is 12.1 Å². The second-order valence-electron chi connectivity index (χ2n) is 5.74. The van der Waals surface area contributed by atoms with Gasteiger partial charge in [0, 0.05) is 17.8 Å². The summed E-state index contributed by atoms with van der Waals surface area (Å²) in [7, 11) is 0. The average Bonchev–Trinajstić information content (AvgIpc) is 3.22. The van der Waals surface area contributed by atoms with Crippen LogP contribution in [-0.2, 0) is 13.0 Å². The molecule has 3 aromatic rings. The third-order valence-electron chi connectivity index (χ3n) is 4.17. The predicted molar refractivity (Wildman–Crippen MR) is 82.5 cm³/mol. The molecule has 0 spiro atoms. The first-order valence-electron chi connectivity index (χ1n) is 7.60. The lowest BCUT2D eigenvalue weighted by Crippen LogP contribution is -2.30. The molecule has 0 fully saturated rings. The molecule has 2 aromatic heterocycles. The van der Waals surface area contributed by atoms with Crippen LogP contribution < -0.4 is 4.90 Å². The van der Waals surface area contributed by atoms with Gasteiger partial charge in [-0.2, -0.15) is 4.98 Å². The number of anilines is 1. The Hall–Kier alpha value is -2.63. The first kappa shape index (κ1) is 14.0. The van der Waals surface area contributed by atoms with Gasteiger partial charge >= 0.3 is 0 Å². The van der Waals surface area contributed by atoms with Crippen molar-refractivity contribution in [1.82, 2.24) is 10.1 Å². The molecule has 5 nitrogen and oxygen atoms in total. The number of hydrogen-bond acceptors (Lipinski definition) is 5. The van der Waals surface area contributed by atoms with E-state index < -0.39 is 0 Å². The van der Waals surface area contributed by atoms with E-state index in [2.05, 4.69) is 15.0 Å². The Morgan fingerprint density at radius 1 is 1.30 bits per heavy atom. The number of fused-ring (bicyclic) bond motifs is 1. The Morgan fingerprint density at radius 2 is 2.22 bits per heavy atom. The van der Waals surface area contributed by atoms with Crippen LogP contribution in [0.1, 0.15) is 23.4 Å². The zero-order chi connectivity index (χ0) is 15.8.